The molecule has 3 rings (SSSR count). The zero-order chi connectivity index (χ0) is 15.9. The van der Waals surface area contributed by atoms with Gasteiger partial charge in [0.15, 0.2) is 0 Å². The summed E-state index contributed by atoms with van der Waals surface area (Å²) in [7, 11) is 0. The average Bonchev–Trinajstić information content (AvgIpc) is 2.47. The summed E-state index contributed by atoms with van der Waals surface area (Å²) in [6, 6.07) is 10.3. The van der Waals surface area contributed by atoms with Gasteiger partial charge in [-0.1, -0.05) is 23.7 Å². The fraction of sp³-hybridized carbons (Fsp3) is 0.0588. The van der Waals surface area contributed by atoms with Crippen molar-refractivity contribution in [2.45, 2.75) is 6.92 Å². The Hall–Kier alpha value is -2.64. The first kappa shape index (κ1) is 14.3. The molecule has 0 unspecified atom stereocenters. The van der Waals surface area contributed by atoms with Crippen LogP contribution in [0.1, 0.15) is 11.1 Å². The molecule has 5 heteroatoms. The maximum Gasteiger partial charge on any atom is 0.142 e. The fourth-order valence-electron chi connectivity index (χ4n) is 2.58. The Morgan fingerprint density at radius 3 is 2.77 bits per heavy atom. The van der Waals surface area contributed by atoms with E-state index in [1.54, 1.807) is 18.2 Å². The van der Waals surface area contributed by atoms with Gasteiger partial charge in [-0.25, -0.2) is 9.37 Å². The SMILES string of the molecule is Cc1cccc(F)c1-c1cc(Cl)c2c(C#N)c(N)ncc2c1. The molecule has 0 aliphatic heterocycles. The van der Waals surface area contributed by atoms with Crippen molar-refractivity contribution in [2.24, 2.45) is 0 Å². The van der Waals surface area contributed by atoms with E-state index in [-0.39, 0.29) is 17.2 Å². The largest absolute Gasteiger partial charge is 0.383 e. The monoisotopic (exact) mass is 311 g/mol. The summed E-state index contributed by atoms with van der Waals surface area (Å²) in [5.74, 6) is -0.189. The summed E-state index contributed by atoms with van der Waals surface area (Å²) in [6.45, 7) is 1.83. The molecule has 3 aromatic rings. The molecule has 0 radical (unpaired) electrons. The molecule has 0 aliphatic carbocycles. The van der Waals surface area contributed by atoms with Crippen LogP contribution in [-0.2, 0) is 0 Å². The maximum absolute atomic E-state index is 14.1. The second-order valence-electron chi connectivity index (χ2n) is 4.98. The van der Waals surface area contributed by atoms with Crippen LogP contribution >= 0.6 is 11.6 Å². The molecule has 1 aromatic heterocycles. The van der Waals surface area contributed by atoms with Gasteiger partial charge in [0.1, 0.15) is 23.3 Å². The first-order valence-corrected chi connectivity index (χ1v) is 6.94. The maximum atomic E-state index is 14.1. The Labute approximate surface area is 131 Å². The van der Waals surface area contributed by atoms with Crippen molar-refractivity contribution in [3.63, 3.8) is 0 Å². The molecule has 0 bridgehead atoms. The summed E-state index contributed by atoms with van der Waals surface area (Å²) in [5.41, 5.74) is 7.88. The fourth-order valence-corrected chi connectivity index (χ4v) is 2.90. The van der Waals surface area contributed by atoms with Crippen LogP contribution in [0.25, 0.3) is 21.9 Å². The number of nitrogen functional groups attached to an aromatic ring is 1. The van der Waals surface area contributed by atoms with Crippen molar-refractivity contribution in [1.82, 2.24) is 4.98 Å². The number of halogens is 2. The first-order chi connectivity index (χ1) is 10.5. The Bertz CT molecular complexity index is 925. The number of fused-ring (bicyclic) bond motifs is 1. The Kier molecular flexibility index (Phi) is 3.44. The summed E-state index contributed by atoms with van der Waals surface area (Å²) in [6.07, 6.45) is 1.54. The molecule has 0 saturated carbocycles. The number of nitrogens with two attached hydrogens (primary N) is 1. The molecule has 0 fully saturated rings. The molecule has 3 nitrogen and oxygen atoms in total. The van der Waals surface area contributed by atoms with Crippen LogP contribution in [-0.4, -0.2) is 4.98 Å². The third-order valence-electron chi connectivity index (χ3n) is 3.59. The Balaban J connectivity index is 2.37. The van der Waals surface area contributed by atoms with Crippen molar-refractivity contribution in [1.29, 1.82) is 5.26 Å². The molecule has 1 heterocycles. The summed E-state index contributed by atoms with van der Waals surface area (Å²) in [4.78, 5) is 4.00. The predicted molar refractivity (Wildman–Crippen MR) is 86.0 cm³/mol. The number of pyridine rings is 1. The van der Waals surface area contributed by atoms with E-state index in [9.17, 15) is 9.65 Å². The molecule has 0 amide bonds. The minimum atomic E-state index is -0.320. The second kappa shape index (κ2) is 5.28. The van der Waals surface area contributed by atoms with Gasteiger partial charge in [-0.15, -0.1) is 0 Å². The highest BCUT2D eigenvalue weighted by molar-refractivity contribution is 6.36. The Morgan fingerprint density at radius 2 is 2.09 bits per heavy atom. The number of hydrogen-bond acceptors (Lipinski definition) is 3. The van der Waals surface area contributed by atoms with Gasteiger partial charge in [-0.2, -0.15) is 5.26 Å². The predicted octanol–water partition coefficient (Wildman–Crippen LogP) is 4.46. The lowest BCUT2D eigenvalue weighted by Crippen LogP contribution is -1.97. The van der Waals surface area contributed by atoms with Crippen molar-refractivity contribution in [3.8, 4) is 17.2 Å². The third-order valence-corrected chi connectivity index (χ3v) is 3.89. The van der Waals surface area contributed by atoms with Gasteiger partial charge in [0.2, 0.25) is 0 Å². The third kappa shape index (κ3) is 2.16. The lowest BCUT2D eigenvalue weighted by Gasteiger charge is -2.11. The summed E-state index contributed by atoms with van der Waals surface area (Å²) < 4.78 is 14.1. The zero-order valence-corrected chi connectivity index (χ0v) is 12.4. The normalized spacial score (nSPS) is 10.6. The van der Waals surface area contributed by atoms with Gasteiger partial charge in [-0.05, 0) is 36.2 Å². The van der Waals surface area contributed by atoms with Crippen molar-refractivity contribution in [3.05, 3.63) is 58.5 Å². The minimum Gasteiger partial charge on any atom is -0.383 e. The number of nitrogens with zero attached hydrogens (tertiary/aromatic N) is 2. The van der Waals surface area contributed by atoms with Crippen molar-refractivity contribution in [2.75, 3.05) is 5.73 Å². The highest BCUT2D eigenvalue weighted by atomic mass is 35.5. The van der Waals surface area contributed by atoms with Gasteiger partial charge < -0.3 is 5.73 Å². The summed E-state index contributed by atoms with van der Waals surface area (Å²) in [5, 5.41) is 10.8. The van der Waals surface area contributed by atoms with Crippen LogP contribution in [0.3, 0.4) is 0 Å². The highest BCUT2D eigenvalue weighted by Gasteiger charge is 2.14. The first-order valence-electron chi connectivity index (χ1n) is 6.56. The van der Waals surface area contributed by atoms with E-state index in [0.717, 1.165) is 5.56 Å². The number of nitriles is 1. The van der Waals surface area contributed by atoms with Crippen LogP contribution in [0.2, 0.25) is 5.02 Å². The van der Waals surface area contributed by atoms with Crippen LogP contribution in [0.15, 0.2) is 36.5 Å². The van der Waals surface area contributed by atoms with Crippen LogP contribution in [0.5, 0.6) is 0 Å². The smallest absolute Gasteiger partial charge is 0.142 e. The minimum absolute atomic E-state index is 0.131. The van der Waals surface area contributed by atoms with Gasteiger partial charge in [0.05, 0.1) is 5.02 Å². The molecule has 0 aliphatic rings. The van der Waals surface area contributed by atoms with E-state index >= 15 is 0 Å². The molecule has 2 N–H and O–H groups in total. The number of anilines is 1. The van der Waals surface area contributed by atoms with E-state index in [1.807, 2.05) is 19.1 Å². The molecule has 0 saturated heterocycles. The topological polar surface area (TPSA) is 62.7 Å². The van der Waals surface area contributed by atoms with Gasteiger partial charge in [-0.3, -0.25) is 0 Å². The van der Waals surface area contributed by atoms with Crippen molar-refractivity contribution >= 4 is 28.2 Å². The molecule has 108 valence electrons. The lowest BCUT2D eigenvalue weighted by molar-refractivity contribution is 0.630. The van der Waals surface area contributed by atoms with Gasteiger partial charge >= 0.3 is 0 Å². The molecule has 2 aromatic carbocycles. The standard InChI is InChI=1S/C17H11ClFN3/c1-9-3-2-4-14(19)15(9)10-5-11-8-22-17(21)12(7-20)16(11)13(18)6-10/h2-6,8H,1H3,(H2,21,22). The summed E-state index contributed by atoms with van der Waals surface area (Å²) >= 11 is 6.32. The van der Waals surface area contributed by atoms with Crippen LogP contribution in [0, 0.1) is 24.1 Å². The van der Waals surface area contributed by atoms with Crippen LogP contribution < -0.4 is 5.73 Å². The quantitative estimate of drug-likeness (QED) is 0.722. The lowest BCUT2D eigenvalue weighted by atomic mass is 9.96. The number of hydrogen-bond donors (Lipinski definition) is 1. The van der Waals surface area contributed by atoms with E-state index in [1.165, 1.54) is 12.3 Å². The van der Waals surface area contributed by atoms with E-state index in [4.69, 9.17) is 17.3 Å². The zero-order valence-electron chi connectivity index (χ0n) is 11.7. The Morgan fingerprint density at radius 1 is 1.32 bits per heavy atom. The molecule has 22 heavy (non-hydrogen) atoms. The number of aromatic nitrogens is 1. The molecular weight excluding hydrogens is 301 g/mol. The average molecular weight is 312 g/mol. The second-order valence-corrected chi connectivity index (χ2v) is 5.39. The van der Waals surface area contributed by atoms with Gasteiger partial charge in [0, 0.05) is 22.5 Å². The number of aryl methyl sites for hydroxylation is 1. The number of benzene rings is 2. The van der Waals surface area contributed by atoms with E-state index in [0.29, 0.717) is 26.9 Å². The molecular formula is C17H11ClFN3. The van der Waals surface area contributed by atoms with Gasteiger partial charge in [0.25, 0.3) is 0 Å². The van der Waals surface area contributed by atoms with E-state index in [2.05, 4.69) is 4.98 Å². The van der Waals surface area contributed by atoms with Crippen LogP contribution in [0.4, 0.5) is 10.2 Å². The van der Waals surface area contributed by atoms with E-state index < -0.39 is 0 Å². The molecule has 0 atom stereocenters. The van der Waals surface area contributed by atoms with Crippen molar-refractivity contribution < 1.29 is 4.39 Å². The number of rotatable bonds is 1. The molecule has 0 spiro atoms. The highest BCUT2D eigenvalue weighted by Crippen LogP contribution is 2.35.